The minimum absolute atomic E-state index is 0.113. The van der Waals surface area contributed by atoms with Gasteiger partial charge in [-0.05, 0) is 51.7 Å². The standard InChI is InChI=1S/C38H39FN6O5/c1-4-20-43(37(48)40-22-27-12-16-30(39)17-13-27)44-25-35(46)45-33(21-26-14-18-31(19-15-26)50-38(49)41(2)3)36(47)42(24-34(44)45)23-29-10-7-9-28-8-5-6-11-32(28)29/h4-19,33-34H,1,20-25H2,2-3H3,(H,40,48)/t33-,34+/m0/s1. The van der Waals surface area contributed by atoms with Crippen LogP contribution in [0.15, 0.2) is 104 Å². The fourth-order valence-electron chi connectivity index (χ4n) is 6.43. The van der Waals surface area contributed by atoms with Crippen LogP contribution in [0, 0.1) is 5.82 Å². The van der Waals surface area contributed by atoms with E-state index in [1.165, 1.54) is 22.0 Å². The molecule has 258 valence electrons. The average Bonchev–Trinajstić information content (AvgIpc) is 3.44. The summed E-state index contributed by atoms with van der Waals surface area (Å²) in [5, 5.41) is 8.09. The Hall–Kier alpha value is -5.75. The molecule has 4 aromatic carbocycles. The van der Waals surface area contributed by atoms with Gasteiger partial charge in [0.25, 0.3) is 0 Å². The van der Waals surface area contributed by atoms with Gasteiger partial charge in [-0.3, -0.25) is 14.6 Å². The topological polar surface area (TPSA) is 106 Å². The third kappa shape index (κ3) is 7.30. The van der Waals surface area contributed by atoms with Crippen molar-refractivity contribution >= 4 is 34.7 Å². The van der Waals surface area contributed by atoms with Crippen molar-refractivity contribution in [3.05, 3.63) is 126 Å². The molecule has 2 aliphatic heterocycles. The van der Waals surface area contributed by atoms with E-state index in [0.29, 0.717) is 17.9 Å². The van der Waals surface area contributed by atoms with E-state index in [4.69, 9.17) is 4.74 Å². The normalized spacial score (nSPS) is 17.4. The molecule has 0 aliphatic carbocycles. The van der Waals surface area contributed by atoms with Crippen LogP contribution in [0.4, 0.5) is 14.0 Å². The Kier molecular flexibility index (Phi) is 10.1. The van der Waals surface area contributed by atoms with Crippen LogP contribution in [0.3, 0.4) is 0 Å². The quantitative estimate of drug-likeness (QED) is 0.242. The molecule has 0 spiro atoms. The van der Waals surface area contributed by atoms with Crippen LogP contribution in [0.1, 0.15) is 16.7 Å². The maximum Gasteiger partial charge on any atom is 0.414 e. The van der Waals surface area contributed by atoms with Crippen LogP contribution in [0.25, 0.3) is 10.8 Å². The van der Waals surface area contributed by atoms with Gasteiger partial charge in [0.15, 0.2) is 0 Å². The molecule has 0 saturated carbocycles. The predicted molar refractivity (Wildman–Crippen MR) is 186 cm³/mol. The second kappa shape index (κ2) is 14.8. The summed E-state index contributed by atoms with van der Waals surface area (Å²) in [6.07, 6.45) is 0.632. The molecule has 4 aromatic rings. The summed E-state index contributed by atoms with van der Waals surface area (Å²) in [4.78, 5) is 58.6. The van der Waals surface area contributed by atoms with E-state index in [-0.39, 0.29) is 50.2 Å². The van der Waals surface area contributed by atoms with Gasteiger partial charge < -0.3 is 24.8 Å². The Morgan fingerprint density at radius 3 is 2.38 bits per heavy atom. The van der Waals surface area contributed by atoms with Gasteiger partial charge in [0, 0.05) is 33.6 Å². The van der Waals surface area contributed by atoms with E-state index in [1.807, 2.05) is 42.5 Å². The summed E-state index contributed by atoms with van der Waals surface area (Å²) in [5.74, 6) is -0.506. The first-order chi connectivity index (χ1) is 24.1. The molecule has 2 aliphatic rings. The number of ether oxygens (including phenoxy) is 1. The van der Waals surface area contributed by atoms with Gasteiger partial charge in [-0.2, -0.15) is 5.01 Å². The van der Waals surface area contributed by atoms with Crippen molar-refractivity contribution in [1.82, 2.24) is 30.0 Å². The number of carbonyl (C=O) groups is 4. The number of piperazine rings is 1. The monoisotopic (exact) mass is 678 g/mol. The van der Waals surface area contributed by atoms with Gasteiger partial charge in [0.1, 0.15) is 23.8 Å². The highest BCUT2D eigenvalue weighted by Gasteiger charge is 2.52. The number of amides is 5. The summed E-state index contributed by atoms with van der Waals surface area (Å²) in [6.45, 7) is 4.46. The van der Waals surface area contributed by atoms with E-state index in [1.54, 1.807) is 71.4 Å². The van der Waals surface area contributed by atoms with Crippen molar-refractivity contribution in [2.45, 2.75) is 31.7 Å². The van der Waals surface area contributed by atoms with Gasteiger partial charge in [0.05, 0.1) is 19.6 Å². The summed E-state index contributed by atoms with van der Waals surface area (Å²) >= 11 is 0. The molecule has 11 nitrogen and oxygen atoms in total. The number of hydrogen-bond acceptors (Lipinski definition) is 6. The van der Waals surface area contributed by atoms with Gasteiger partial charge in [-0.15, -0.1) is 6.58 Å². The van der Waals surface area contributed by atoms with Gasteiger partial charge in [-0.25, -0.2) is 14.0 Å². The number of nitrogens with zero attached hydrogens (tertiary/aromatic N) is 5. The molecular formula is C38H39FN6O5. The lowest BCUT2D eigenvalue weighted by Gasteiger charge is -2.46. The van der Waals surface area contributed by atoms with Gasteiger partial charge in [0.2, 0.25) is 11.8 Å². The lowest BCUT2D eigenvalue weighted by atomic mass is 9.99. The Morgan fingerprint density at radius 1 is 0.960 bits per heavy atom. The smallest absolute Gasteiger partial charge is 0.410 e. The van der Waals surface area contributed by atoms with Crippen LogP contribution in [0.2, 0.25) is 0 Å². The fraction of sp³-hybridized carbons (Fsp3) is 0.263. The highest BCUT2D eigenvalue weighted by molar-refractivity contribution is 5.92. The molecule has 0 unspecified atom stereocenters. The number of carbonyl (C=O) groups excluding carboxylic acids is 4. The zero-order valence-electron chi connectivity index (χ0n) is 28.0. The number of hydrogen-bond donors (Lipinski definition) is 1. The first-order valence-electron chi connectivity index (χ1n) is 16.3. The number of fused-ring (bicyclic) bond motifs is 2. The van der Waals surface area contributed by atoms with E-state index in [9.17, 15) is 23.6 Å². The predicted octanol–water partition coefficient (Wildman–Crippen LogP) is 4.78. The molecule has 12 heteroatoms. The van der Waals surface area contributed by atoms with Crippen LogP contribution in [-0.2, 0) is 29.1 Å². The largest absolute Gasteiger partial charge is 0.414 e. The molecule has 0 radical (unpaired) electrons. The molecule has 2 atom stereocenters. The van der Waals surface area contributed by atoms with E-state index < -0.39 is 24.3 Å². The maximum atomic E-state index is 14.4. The lowest BCUT2D eigenvalue weighted by molar-refractivity contribution is -0.157. The van der Waals surface area contributed by atoms with Gasteiger partial charge in [-0.1, -0.05) is 72.8 Å². The second-order valence-corrected chi connectivity index (χ2v) is 12.5. The van der Waals surface area contributed by atoms with Crippen molar-refractivity contribution in [3.63, 3.8) is 0 Å². The third-order valence-electron chi connectivity index (χ3n) is 8.93. The summed E-state index contributed by atoms with van der Waals surface area (Å²) in [5.41, 5.74) is 2.45. The number of halogens is 1. The molecule has 2 fully saturated rings. The van der Waals surface area contributed by atoms with Crippen molar-refractivity contribution in [2.24, 2.45) is 0 Å². The highest BCUT2D eigenvalue weighted by Crippen LogP contribution is 2.31. The number of benzene rings is 4. The minimum Gasteiger partial charge on any atom is -0.410 e. The van der Waals surface area contributed by atoms with Crippen LogP contribution < -0.4 is 10.1 Å². The number of nitrogens with one attached hydrogen (secondary N) is 1. The average molecular weight is 679 g/mol. The molecule has 5 amide bonds. The van der Waals surface area contributed by atoms with E-state index in [0.717, 1.165) is 21.9 Å². The first-order valence-corrected chi connectivity index (χ1v) is 16.3. The summed E-state index contributed by atoms with van der Waals surface area (Å²) in [7, 11) is 3.18. The molecule has 2 heterocycles. The van der Waals surface area contributed by atoms with Crippen molar-refractivity contribution in [1.29, 1.82) is 0 Å². The van der Waals surface area contributed by atoms with Gasteiger partial charge >= 0.3 is 12.1 Å². The van der Waals surface area contributed by atoms with Crippen molar-refractivity contribution < 1.29 is 28.3 Å². The Balaban J connectivity index is 1.29. The van der Waals surface area contributed by atoms with Crippen LogP contribution in [0.5, 0.6) is 5.75 Å². The van der Waals surface area contributed by atoms with Crippen molar-refractivity contribution in [3.8, 4) is 5.75 Å². The molecule has 6 rings (SSSR count). The molecule has 50 heavy (non-hydrogen) atoms. The van der Waals surface area contributed by atoms with Crippen LogP contribution in [-0.4, -0.2) is 94.6 Å². The molecule has 2 saturated heterocycles. The SMILES string of the molecule is C=CCN(C(=O)NCc1ccc(F)cc1)N1CC(=O)N2[C@@H](Cc3ccc(OC(=O)N(C)C)cc3)C(=O)N(Cc3cccc4ccccc34)C[C@@H]21. The van der Waals surface area contributed by atoms with E-state index in [2.05, 4.69) is 11.9 Å². The first kappa shape index (κ1) is 34.1. The Labute approximate surface area is 290 Å². The molecule has 1 N–H and O–H groups in total. The zero-order valence-corrected chi connectivity index (χ0v) is 28.0. The number of hydrazine groups is 1. The maximum absolute atomic E-state index is 14.4. The number of rotatable bonds is 10. The highest BCUT2D eigenvalue weighted by atomic mass is 19.1. The number of urea groups is 1. The lowest BCUT2D eigenvalue weighted by Crippen LogP contribution is -2.66. The fourth-order valence-corrected chi connectivity index (χ4v) is 6.43. The molecule has 0 aromatic heterocycles. The van der Waals surface area contributed by atoms with Crippen molar-refractivity contribution in [2.75, 3.05) is 33.7 Å². The molecule has 0 bridgehead atoms. The zero-order chi connectivity index (χ0) is 35.4. The summed E-state index contributed by atoms with van der Waals surface area (Å²) < 4.78 is 18.8. The Bertz CT molecular complexity index is 1890. The second-order valence-electron chi connectivity index (χ2n) is 12.5. The minimum atomic E-state index is -0.857. The summed E-state index contributed by atoms with van der Waals surface area (Å²) in [6, 6.07) is 25.3. The Morgan fingerprint density at radius 2 is 1.66 bits per heavy atom. The van der Waals surface area contributed by atoms with E-state index >= 15 is 0 Å². The molecular weight excluding hydrogens is 639 g/mol. The van der Waals surface area contributed by atoms with Crippen LogP contribution >= 0.6 is 0 Å². The third-order valence-corrected chi connectivity index (χ3v) is 8.93.